The first-order valence-electron chi connectivity index (χ1n) is 9.25. The summed E-state index contributed by atoms with van der Waals surface area (Å²) in [4.78, 5) is 9.12. The first-order valence-corrected chi connectivity index (χ1v) is 9.25. The van der Waals surface area contributed by atoms with Crippen molar-refractivity contribution in [2.24, 2.45) is 4.99 Å². The van der Waals surface area contributed by atoms with E-state index in [0.717, 1.165) is 43.5 Å². The molecule has 3 unspecified atom stereocenters. The minimum Gasteiger partial charge on any atom is -0.353 e. The maximum Gasteiger partial charge on any atom is 0.191 e. The summed E-state index contributed by atoms with van der Waals surface area (Å²) >= 11 is 0. The molecule has 4 rings (SSSR count). The molecule has 6 nitrogen and oxygen atoms in total. The SMILES string of the molecule is CCN=C(NC1CCc2nc(C)nn2C1)NC1CC1c1ccccc1.I. The second kappa shape index (κ2) is 8.37. The second-order valence-electron chi connectivity index (χ2n) is 6.96. The maximum absolute atomic E-state index is 4.64. The molecule has 1 aliphatic heterocycles. The Bertz CT molecular complexity index is 757. The summed E-state index contributed by atoms with van der Waals surface area (Å²) in [5, 5.41) is 11.7. The smallest absolute Gasteiger partial charge is 0.191 e. The van der Waals surface area contributed by atoms with Crippen molar-refractivity contribution >= 4 is 29.9 Å². The van der Waals surface area contributed by atoms with Crippen molar-refractivity contribution in [1.29, 1.82) is 0 Å². The van der Waals surface area contributed by atoms with Gasteiger partial charge >= 0.3 is 0 Å². The zero-order valence-electron chi connectivity index (χ0n) is 15.4. The van der Waals surface area contributed by atoms with Gasteiger partial charge in [0, 0.05) is 31.0 Å². The van der Waals surface area contributed by atoms with Gasteiger partial charge in [-0.05, 0) is 32.3 Å². The zero-order chi connectivity index (χ0) is 17.2. The van der Waals surface area contributed by atoms with Crippen molar-refractivity contribution in [1.82, 2.24) is 25.4 Å². The fourth-order valence-electron chi connectivity index (χ4n) is 3.63. The Morgan fingerprint density at radius 3 is 2.85 bits per heavy atom. The normalized spacial score (nSPS) is 24.4. The van der Waals surface area contributed by atoms with Crippen LogP contribution in [-0.4, -0.2) is 39.4 Å². The molecule has 0 amide bonds. The van der Waals surface area contributed by atoms with Crippen molar-refractivity contribution in [2.75, 3.05) is 6.54 Å². The molecule has 7 heteroatoms. The summed E-state index contributed by atoms with van der Waals surface area (Å²) in [6, 6.07) is 11.6. The van der Waals surface area contributed by atoms with Gasteiger partial charge in [-0.2, -0.15) is 5.10 Å². The Hall–Kier alpha value is -1.64. The molecule has 0 radical (unpaired) electrons. The van der Waals surface area contributed by atoms with E-state index in [-0.39, 0.29) is 24.0 Å². The van der Waals surface area contributed by atoms with E-state index in [1.807, 2.05) is 11.6 Å². The molecule has 0 saturated heterocycles. The maximum atomic E-state index is 4.64. The van der Waals surface area contributed by atoms with Crippen LogP contribution in [0.5, 0.6) is 0 Å². The number of rotatable bonds is 4. The molecular formula is C19H27IN6. The molecule has 1 aromatic carbocycles. The number of aromatic nitrogens is 3. The highest BCUT2D eigenvalue weighted by molar-refractivity contribution is 14.0. The molecule has 2 aliphatic rings. The molecule has 26 heavy (non-hydrogen) atoms. The lowest BCUT2D eigenvalue weighted by Gasteiger charge is -2.25. The number of aryl methyl sites for hydroxylation is 2. The van der Waals surface area contributed by atoms with Gasteiger partial charge in [-0.1, -0.05) is 30.3 Å². The largest absolute Gasteiger partial charge is 0.353 e. The molecule has 3 atom stereocenters. The zero-order valence-corrected chi connectivity index (χ0v) is 17.7. The van der Waals surface area contributed by atoms with E-state index in [0.29, 0.717) is 18.0 Å². The molecule has 0 bridgehead atoms. The van der Waals surface area contributed by atoms with Crippen molar-refractivity contribution in [3.05, 3.63) is 47.5 Å². The molecule has 1 saturated carbocycles. The highest BCUT2D eigenvalue weighted by Gasteiger charge is 2.39. The predicted molar refractivity (Wildman–Crippen MR) is 114 cm³/mol. The highest BCUT2D eigenvalue weighted by Crippen LogP contribution is 2.40. The first kappa shape index (κ1) is 19.1. The van der Waals surface area contributed by atoms with Crippen molar-refractivity contribution in [2.45, 2.75) is 57.7 Å². The summed E-state index contributed by atoms with van der Waals surface area (Å²) in [5.74, 6) is 3.49. The van der Waals surface area contributed by atoms with E-state index >= 15 is 0 Å². The summed E-state index contributed by atoms with van der Waals surface area (Å²) < 4.78 is 2.03. The average Bonchev–Trinajstić information content (AvgIpc) is 3.27. The van der Waals surface area contributed by atoms with E-state index < -0.39 is 0 Å². The van der Waals surface area contributed by atoms with E-state index in [2.05, 4.69) is 63.0 Å². The van der Waals surface area contributed by atoms with Gasteiger partial charge < -0.3 is 10.6 Å². The molecule has 2 aromatic rings. The molecule has 140 valence electrons. The van der Waals surface area contributed by atoms with Crippen LogP contribution in [0.25, 0.3) is 0 Å². The standard InChI is InChI=1S/C19H26N6.HI/c1-3-20-19(23-17-11-16(17)14-7-5-4-6-8-14)22-15-9-10-18-21-13(2)24-25(18)12-15;/h4-8,15-17H,3,9-12H2,1-2H3,(H2,20,22,23);1H. The van der Waals surface area contributed by atoms with Crippen LogP contribution in [0.1, 0.15) is 42.9 Å². The van der Waals surface area contributed by atoms with Crippen LogP contribution in [0.3, 0.4) is 0 Å². The summed E-state index contributed by atoms with van der Waals surface area (Å²) in [7, 11) is 0. The van der Waals surface area contributed by atoms with E-state index in [9.17, 15) is 0 Å². The first-order chi connectivity index (χ1) is 12.2. The topological polar surface area (TPSA) is 67.1 Å². The molecule has 1 aromatic heterocycles. The minimum absolute atomic E-state index is 0. The molecule has 2 N–H and O–H groups in total. The van der Waals surface area contributed by atoms with Gasteiger partial charge in [0.15, 0.2) is 5.96 Å². The third-order valence-corrected chi connectivity index (χ3v) is 4.96. The lowest BCUT2D eigenvalue weighted by molar-refractivity contribution is 0.392. The van der Waals surface area contributed by atoms with Gasteiger partial charge in [0.1, 0.15) is 11.6 Å². The lowest BCUT2D eigenvalue weighted by Crippen LogP contribution is -2.48. The molecule has 0 spiro atoms. The van der Waals surface area contributed by atoms with E-state index in [4.69, 9.17) is 0 Å². The van der Waals surface area contributed by atoms with Gasteiger partial charge in [-0.15, -0.1) is 24.0 Å². The molecule has 1 aliphatic carbocycles. The Kier molecular flexibility index (Phi) is 6.16. The number of hydrogen-bond donors (Lipinski definition) is 2. The average molecular weight is 466 g/mol. The lowest BCUT2D eigenvalue weighted by atomic mass is 10.1. The summed E-state index contributed by atoms with van der Waals surface area (Å²) in [5.41, 5.74) is 1.41. The van der Waals surface area contributed by atoms with Crippen molar-refractivity contribution in [3.63, 3.8) is 0 Å². The van der Waals surface area contributed by atoms with Crippen LogP contribution in [0.2, 0.25) is 0 Å². The van der Waals surface area contributed by atoms with Gasteiger partial charge in [0.2, 0.25) is 0 Å². The Morgan fingerprint density at radius 1 is 1.27 bits per heavy atom. The number of benzene rings is 1. The van der Waals surface area contributed by atoms with E-state index in [1.165, 1.54) is 12.0 Å². The van der Waals surface area contributed by atoms with Crippen LogP contribution in [0, 0.1) is 6.92 Å². The van der Waals surface area contributed by atoms with Gasteiger partial charge in [-0.3, -0.25) is 4.99 Å². The fourth-order valence-corrected chi connectivity index (χ4v) is 3.63. The van der Waals surface area contributed by atoms with Crippen LogP contribution >= 0.6 is 24.0 Å². The monoisotopic (exact) mass is 466 g/mol. The summed E-state index contributed by atoms with van der Waals surface area (Å²) in [6.45, 7) is 5.66. The number of hydrogen-bond acceptors (Lipinski definition) is 3. The van der Waals surface area contributed by atoms with Gasteiger partial charge in [0.05, 0.1) is 6.54 Å². The fraction of sp³-hybridized carbons (Fsp3) is 0.526. The quantitative estimate of drug-likeness (QED) is 0.413. The summed E-state index contributed by atoms with van der Waals surface area (Å²) in [6.07, 6.45) is 3.20. The van der Waals surface area contributed by atoms with Crippen molar-refractivity contribution in [3.8, 4) is 0 Å². The van der Waals surface area contributed by atoms with Gasteiger partial charge in [-0.25, -0.2) is 9.67 Å². The highest BCUT2D eigenvalue weighted by atomic mass is 127. The molecular weight excluding hydrogens is 439 g/mol. The number of guanidine groups is 1. The number of nitrogens with one attached hydrogen (secondary N) is 2. The van der Waals surface area contributed by atoms with Crippen LogP contribution < -0.4 is 10.6 Å². The second-order valence-corrected chi connectivity index (χ2v) is 6.96. The predicted octanol–water partition coefficient (Wildman–Crippen LogP) is 2.63. The number of halogens is 1. The van der Waals surface area contributed by atoms with Crippen LogP contribution in [-0.2, 0) is 13.0 Å². The number of nitrogens with zero attached hydrogens (tertiary/aromatic N) is 4. The molecule has 2 heterocycles. The van der Waals surface area contributed by atoms with Crippen molar-refractivity contribution < 1.29 is 0 Å². The minimum atomic E-state index is 0. The van der Waals surface area contributed by atoms with Crippen LogP contribution in [0.4, 0.5) is 0 Å². The Balaban J connectivity index is 0.00000196. The van der Waals surface area contributed by atoms with E-state index in [1.54, 1.807) is 0 Å². The van der Waals surface area contributed by atoms with Gasteiger partial charge in [0.25, 0.3) is 0 Å². The number of aliphatic imine (C=N–C) groups is 1. The molecule has 1 fully saturated rings. The van der Waals surface area contributed by atoms with Crippen LogP contribution in [0.15, 0.2) is 35.3 Å². The Morgan fingerprint density at radius 2 is 2.08 bits per heavy atom. The third-order valence-electron chi connectivity index (χ3n) is 4.96. The third kappa shape index (κ3) is 4.36. The Labute approximate surface area is 171 Å². The number of fused-ring (bicyclic) bond motifs is 1.